The van der Waals surface area contributed by atoms with Gasteiger partial charge in [-0.05, 0) is 67.4 Å². The molecular formula is C31H24Cl2N2O6S. The van der Waals surface area contributed by atoms with Crippen LogP contribution in [0.3, 0.4) is 0 Å². The highest BCUT2D eigenvalue weighted by Crippen LogP contribution is 2.38. The molecule has 42 heavy (non-hydrogen) atoms. The van der Waals surface area contributed by atoms with Crippen LogP contribution in [0, 0.1) is 0 Å². The van der Waals surface area contributed by atoms with Crippen LogP contribution in [0.15, 0.2) is 81.7 Å². The SMILES string of the molecule is CCOC(=O)C1=C(C)N=c2s/c(=C\c3ccc(OCc4ccc(Cl)cc4Cl)cc3)c(=O)n2[C@H]1c1ccc2c(c1)OCO2. The first-order valence-electron chi connectivity index (χ1n) is 13.1. The van der Waals surface area contributed by atoms with E-state index in [-0.39, 0.29) is 25.6 Å². The van der Waals surface area contributed by atoms with Crippen LogP contribution < -0.4 is 29.1 Å². The molecule has 0 radical (unpaired) electrons. The van der Waals surface area contributed by atoms with Crippen molar-refractivity contribution in [1.82, 2.24) is 4.57 Å². The lowest BCUT2D eigenvalue weighted by Crippen LogP contribution is -2.39. The van der Waals surface area contributed by atoms with Crippen molar-refractivity contribution >= 4 is 46.6 Å². The second-order valence-corrected chi connectivity index (χ2v) is 11.4. The maximum absolute atomic E-state index is 13.9. The Morgan fingerprint density at radius 2 is 1.88 bits per heavy atom. The zero-order valence-electron chi connectivity index (χ0n) is 22.6. The van der Waals surface area contributed by atoms with Gasteiger partial charge in [0, 0.05) is 15.6 Å². The first-order valence-corrected chi connectivity index (χ1v) is 14.7. The van der Waals surface area contributed by atoms with E-state index in [9.17, 15) is 9.59 Å². The number of benzene rings is 3. The highest BCUT2D eigenvalue weighted by molar-refractivity contribution is 7.07. The molecule has 0 unspecified atom stereocenters. The maximum Gasteiger partial charge on any atom is 0.338 e. The molecule has 1 aromatic heterocycles. The quantitative estimate of drug-likeness (QED) is 0.256. The third-order valence-electron chi connectivity index (χ3n) is 6.82. The predicted molar refractivity (Wildman–Crippen MR) is 160 cm³/mol. The van der Waals surface area contributed by atoms with E-state index in [4.69, 9.17) is 42.1 Å². The smallest absolute Gasteiger partial charge is 0.338 e. The number of hydrogen-bond acceptors (Lipinski definition) is 8. The van der Waals surface area contributed by atoms with Crippen LogP contribution in [0.25, 0.3) is 6.08 Å². The van der Waals surface area contributed by atoms with Gasteiger partial charge in [0.25, 0.3) is 5.56 Å². The summed E-state index contributed by atoms with van der Waals surface area (Å²) in [6.07, 6.45) is 1.80. The van der Waals surface area contributed by atoms with Gasteiger partial charge in [-0.2, -0.15) is 0 Å². The fourth-order valence-electron chi connectivity index (χ4n) is 4.80. The first kappa shape index (κ1) is 28.1. The van der Waals surface area contributed by atoms with Crippen LogP contribution in [-0.2, 0) is 16.1 Å². The van der Waals surface area contributed by atoms with Crippen molar-refractivity contribution in [2.75, 3.05) is 13.4 Å². The first-order chi connectivity index (χ1) is 20.3. The molecule has 0 spiro atoms. The lowest BCUT2D eigenvalue weighted by Gasteiger charge is -2.24. The van der Waals surface area contributed by atoms with E-state index in [2.05, 4.69) is 4.99 Å². The summed E-state index contributed by atoms with van der Waals surface area (Å²) in [4.78, 5) is 32.1. The molecule has 2 aliphatic rings. The Labute approximate surface area is 254 Å². The summed E-state index contributed by atoms with van der Waals surface area (Å²) >= 11 is 13.5. The van der Waals surface area contributed by atoms with E-state index in [1.54, 1.807) is 48.8 Å². The number of ether oxygens (including phenoxy) is 4. The number of nitrogens with zero attached hydrogens (tertiary/aromatic N) is 2. The summed E-state index contributed by atoms with van der Waals surface area (Å²) in [6, 6.07) is 17.3. The minimum atomic E-state index is -0.743. The van der Waals surface area contributed by atoms with Crippen molar-refractivity contribution in [3.8, 4) is 17.2 Å². The minimum Gasteiger partial charge on any atom is -0.489 e. The van der Waals surface area contributed by atoms with Crippen LogP contribution in [0.5, 0.6) is 17.2 Å². The monoisotopic (exact) mass is 622 g/mol. The lowest BCUT2D eigenvalue weighted by atomic mass is 9.95. The number of allylic oxidation sites excluding steroid dienone is 1. The van der Waals surface area contributed by atoms with Crippen LogP contribution in [0.1, 0.15) is 36.6 Å². The van der Waals surface area contributed by atoms with Gasteiger partial charge in [-0.15, -0.1) is 0 Å². The number of halogens is 2. The Hall–Kier alpha value is -4.05. The molecule has 0 bridgehead atoms. The summed E-state index contributed by atoms with van der Waals surface area (Å²) in [5.74, 6) is 1.28. The highest BCUT2D eigenvalue weighted by atomic mass is 35.5. The van der Waals surface area contributed by atoms with Gasteiger partial charge in [0.2, 0.25) is 6.79 Å². The summed E-state index contributed by atoms with van der Waals surface area (Å²) in [7, 11) is 0. The van der Waals surface area contributed by atoms with E-state index >= 15 is 0 Å². The minimum absolute atomic E-state index is 0.111. The average molecular weight is 624 g/mol. The van der Waals surface area contributed by atoms with E-state index in [0.29, 0.717) is 53.5 Å². The number of fused-ring (bicyclic) bond motifs is 2. The fourth-order valence-corrected chi connectivity index (χ4v) is 6.31. The van der Waals surface area contributed by atoms with Crippen molar-refractivity contribution < 1.29 is 23.7 Å². The number of esters is 1. The number of hydrogen-bond donors (Lipinski definition) is 0. The zero-order chi connectivity index (χ0) is 29.4. The summed E-state index contributed by atoms with van der Waals surface area (Å²) in [5, 5.41) is 1.10. The number of rotatable bonds is 7. The van der Waals surface area contributed by atoms with Gasteiger partial charge < -0.3 is 18.9 Å². The standard InChI is InChI=1S/C31H24Cl2N2O6S/c1-3-38-30(37)27-17(2)34-31-35(28(27)19-7-11-24-25(13-19)41-16-40-24)29(36)26(42-31)12-18-4-9-22(10-5-18)39-15-20-6-8-21(32)14-23(20)33/h4-14,28H,3,15-16H2,1-2H3/b26-12-/t28-/m0/s1. The van der Waals surface area contributed by atoms with Crippen LogP contribution in [-0.4, -0.2) is 23.9 Å². The Morgan fingerprint density at radius 3 is 2.64 bits per heavy atom. The maximum atomic E-state index is 13.9. The van der Waals surface area contributed by atoms with Gasteiger partial charge in [0.05, 0.1) is 28.5 Å². The molecule has 0 aliphatic carbocycles. The number of carbonyl (C=O) groups excluding carboxylic acids is 1. The van der Waals surface area contributed by atoms with Crippen molar-refractivity contribution in [3.63, 3.8) is 0 Å². The second-order valence-electron chi connectivity index (χ2n) is 9.51. The average Bonchev–Trinajstić information content (AvgIpc) is 3.56. The number of carbonyl (C=O) groups is 1. The Morgan fingerprint density at radius 1 is 1.10 bits per heavy atom. The van der Waals surface area contributed by atoms with Crippen molar-refractivity contribution in [3.05, 3.63) is 118 Å². The van der Waals surface area contributed by atoms with Gasteiger partial charge in [-0.3, -0.25) is 9.36 Å². The molecule has 3 heterocycles. The lowest BCUT2D eigenvalue weighted by molar-refractivity contribution is -0.139. The zero-order valence-corrected chi connectivity index (χ0v) is 24.9. The van der Waals surface area contributed by atoms with Gasteiger partial charge in [-0.1, -0.05) is 58.8 Å². The van der Waals surface area contributed by atoms with Gasteiger partial charge in [0.1, 0.15) is 12.4 Å². The third-order valence-corrected chi connectivity index (χ3v) is 8.39. The Balaban J connectivity index is 1.34. The number of thiazole rings is 1. The van der Waals surface area contributed by atoms with Crippen LogP contribution in [0.2, 0.25) is 10.0 Å². The summed E-state index contributed by atoms with van der Waals surface area (Å²) < 4.78 is 24.3. The molecule has 4 aromatic rings. The fraction of sp³-hybridized carbons (Fsp3) is 0.194. The molecular weight excluding hydrogens is 599 g/mol. The highest BCUT2D eigenvalue weighted by Gasteiger charge is 2.34. The number of aromatic nitrogens is 1. The predicted octanol–water partition coefficient (Wildman–Crippen LogP) is 5.41. The molecule has 6 rings (SSSR count). The molecule has 1 atom stereocenters. The largest absolute Gasteiger partial charge is 0.489 e. The molecule has 0 saturated carbocycles. The molecule has 0 fully saturated rings. The van der Waals surface area contributed by atoms with E-state index < -0.39 is 12.0 Å². The molecule has 3 aromatic carbocycles. The third kappa shape index (κ3) is 5.43. The molecule has 8 nitrogen and oxygen atoms in total. The normalized spacial score (nSPS) is 15.8. The molecule has 214 valence electrons. The van der Waals surface area contributed by atoms with E-state index in [1.807, 2.05) is 36.4 Å². The molecule has 2 aliphatic heterocycles. The van der Waals surface area contributed by atoms with Crippen molar-refractivity contribution in [2.24, 2.45) is 4.99 Å². The van der Waals surface area contributed by atoms with E-state index in [1.165, 1.54) is 11.3 Å². The molecule has 0 N–H and O–H groups in total. The van der Waals surface area contributed by atoms with Gasteiger partial charge >= 0.3 is 5.97 Å². The van der Waals surface area contributed by atoms with Crippen molar-refractivity contribution in [1.29, 1.82) is 0 Å². The van der Waals surface area contributed by atoms with E-state index in [0.717, 1.165) is 11.1 Å². The molecule has 11 heteroatoms. The van der Waals surface area contributed by atoms with Crippen LogP contribution in [0.4, 0.5) is 0 Å². The topological polar surface area (TPSA) is 88.4 Å². The van der Waals surface area contributed by atoms with Crippen molar-refractivity contribution in [2.45, 2.75) is 26.5 Å². The summed E-state index contributed by atoms with van der Waals surface area (Å²) in [5.41, 5.74) is 2.84. The Bertz CT molecular complexity index is 1910. The summed E-state index contributed by atoms with van der Waals surface area (Å²) in [6.45, 7) is 4.08. The Kier molecular flexibility index (Phi) is 7.81. The van der Waals surface area contributed by atoms with Gasteiger partial charge in [0.15, 0.2) is 16.3 Å². The second kappa shape index (κ2) is 11.7. The molecule has 0 amide bonds. The molecule has 0 saturated heterocycles. The van der Waals surface area contributed by atoms with Gasteiger partial charge in [-0.25, -0.2) is 9.79 Å². The van der Waals surface area contributed by atoms with Crippen LogP contribution >= 0.6 is 34.5 Å².